The summed E-state index contributed by atoms with van der Waals surface area (Å²) in [6, 6.07) is 6.87. The van der Waals surface area contributed by atoms with Crippen molar-refractivity contribution in [2.24, 2.45) is 0 Å². The van der Waals surface area contributed by atoms with Crippen molar-refractivity contribution in [2.75, 3.05) is 7.11 Å². The van der Waals surface area contributed by atoms with Gasteiger partial charge in [0.1, 0.15) is 11.4 Å². The summed E-state index contributed by atoms with van der Waals surface area (Å²) in [5.74, 6) is 0.850. The molecule has 0 aliphatic heterocycles. The molecule has 0 unspecified atom stereocenters. The molecule has 0 bridgehead atoms. The Labute approximate surface area is 119 Å². The maximum absolute atomic E-state index is 5.45. The first-order valence-electron chi connectivity index (χ1n) is 7.11. The summed E-state index contributed by atoms with van der Waals surface area (Å²) in [5.41, 5.74) is 4.62. The van der Waals surface area contributed by atoms with Crippen LogP contribution in [0, 0.1) is 13.8 Å². The molecular weight excluding hydrogens is 250 g/mol. The lowest BCUT2D eigenvalue weighted by Gasteiger charge is -2.11. The standard InChI is InChI=1S/C16H21N3O/c1-11-4-7-16(20-3)15(8-11)19-12(2)13(10-18-19)9-17-14-5-6-14/h4,7-8,10,14,17H,5-6,9H2,1-3H3. The van der Waals surface area contributed by atoms with Gasteiger partial charge >= 0.3 is 0 Å². The first kappa shape index (κ1) is 13.2. The zero-order valence-electron chi connectivity index (χ0n) is 12.3. The molecule has 4 nitrogen and oxygen atoms in total. The molecule has 1 saturated carbocycles. The van der Waals surface area contributed by atoms with Crippen molar-refractivity contribution in [3.8, 4) is 11.4 Å². The van der Waals surface area contributed by atoms with Crippen molar-refractivity contribution >= 4 is 0 Å². The Morgan fingerprint density at radius 1 is 1.35 bits per heavy atom. The summed E-state index contributed by atoms with van der Waals surface area (Å²) in [7, 11) is 1.70. The van der Waals surface area contributed by atoms with Crippen LogP contribution in [0.1, 0.15) is 29.7 Å². The third kappa shape index (κ3) is 2.56. The van der Waals surface area contributed by atoms with Gasteiger partial charge in [-0.3, -0.25) is 0 Å². The van der Waals surface area contributed by atoms with E-state index in [1.165, 1.54) is 29.7 Å². The second-order valence-corrected chi connectivity index (χ2v) is 5.50. The van der Waals surface area contributed by atoms with Gasteiger partial charge in [-0.15, -0.1) is 0 Å². The van der Waals surface area contributed by atoms with Gasteiger partial charge in [0.15, 0.2) is 0 Å². The van der Waals surface area contributed by atoms with Gasteiger partial charge < -0.3 is 10.1 Å². The highest BCUT2D eigenvalue weighted by molar-refractivity contribution is 5.49. The molecule has 1 aliphatic rings. The van der Waals surface area contributed by atoms with Crippen molar-refractivity contribution in [3.05, 3.63) is 41.2 Å². The van der Waals surface area contributed by atoms with Gasteiger partial charge in [0, 0.05) is 23.8 Å². The normalized spacial score (nSPS) is 14.6. The monoisotopic (exact) mass is 271 g/mol. The molecule has 20 heavy (non-hydrogen) atoms. The molecule has 0 amide bonds. The Kier molecular flexibility index (Phi) is 3.49. The van der Waals surface area contributed by atoms with Crippen LogP contribution in [0.3, 0.4) is 0 Å². The minimum absolute atomic E-state index is 0.714. The largest absolute Gasteiger partial charge is 0.494 e. The number of nitrogens with zero attached hydrogens (tertiary/aromatic N) is 2. The van der Waals surface area contributed by atoms with E-state index in [9.17, 15) is 0 Å². The molecule has 0 radical (unpaired) electrons. The van der Waals surface area contributed by atoms with Crippen LogP contribution in [0.5, 0.6) is 5.75 Å². The van der Waals surface area contributed by atoms with Gasteiger partial charge in [-0.05, 0) is 44.4 Å². The fraction of sp³-hybridized carbons (Fsp3) is 0.438. The lowest BCUT2D eigenvalue weighted by molar-refractivity contribution is 0.411. The molecule has 0 spiro atoms. The van der Waals surface area contributed by atoms with Crippen molar-refractivity contribution < 1.29 is 4.74 Å². The summed E-state index contributed by atoms with van der Waals surface area (Å²) in [4.78, 5) is 0. The topological polar surface area (TPSA) is 39.1 Å². The van der Waals surface area contributed by atoms with Gasteiger partial charge in [-0.2, -0.15) is 5.10 Å². The number of hydrogen-bond acceptors (Lipinski definition) is 3. The third-order valence-electron chi connectivity index (χ3n) is 3.83. The quantitative estimate of drug-likeness (QED) is 0.909. The van der Waals surface area contributed by atoms with Gasteiger partial charge in [0.05, 0.1) is 13.3 Å². The highest BCUT2D eigenvalue weighted by Gasteiger charge is 2.21. The minimum atomic E-state index is 0.714. The summed E-state index contributed by atoms with van der Waals surface area (Å²) in [5, 5.41) is 8.06. The van der Waals surface area contributed by atoms with Crippen molar-refractivity contribution in [1.82, 2.24) is 15.1 Å². The fourth-order valence-electron chi connectivity index (χ4n) is 2.37. The van der Waals surface area contributed by atoms with E-state index in [2.05, 4.69) is 36.4 Å². The molecule has 2 aromatic rings. The maximum Gasteiger partial charge on any atom is 0.144 e. The summed E-state index contributed by atoms with van der Waals surface area (Å²) >= 11 is 0. The number of aromatic nitrogens is 2. The zero-order valence-corrected chi connectivity index (χ0v) is 12.3. The van der Waals surface area contributed by atoms with Gasteiger partial charge in [0.2, 0.25) is 0 Å². The number of hydrogen-bond donors (Lipinski definition) is 1. The molecule has 4 heteroatoms. The molecule has 3 rings (SSSR count). The van der Waals surface area contributed by atoms with Crippen LogP contribution in [0.25, 0.3) is 5.69 Å². The van der Waals surface area contributed by atoms with E-state index < -0.39 is 0 Å². The van der Waals surface area contributed by atoms with Crippen LogP contribution in [-0.4, -0.2) is 22.9 Å². The van der Waals surface area contributed by atoms with Crippen molar-refractivity contribution in [3.63, 3.8) is 0 Å². The summed E-state index contributed by atoms with van der Waals surface area (Å²) in [6.07, 6.45) is 4.56. The molecule has 0 atom stereocenters. The van der Waals surface area contributed by atoms with Crippen LogP contribution >= 0.6 is 0 Å². The average Bonchev–Trinajstić information content (AvgIpc) is 3.20. The summed E-state index contributed by atoms with van der Waals surface area (Å²) in [6.45, 7) is 5.08. The molecule has 1 aromatic carbocycles. The maximum atomic E-state index is 5.45. The Morgan fingerprint density at radius 3 is 2.85 bits per heavy atom. The van der Waals surface area contributed by atoms with Crippen LogP contribution in [0.15, 0.2) is 24.4 Å². The van der Waals surface area contributed by atoms with E-state index in [0.717, 1.165) is 18.0 Å². The number of nitrogens with one attached hydrogen (secondary N) is 1. The lowest BCUT2D eigenvalue weighted by atomic mass is 10.2. The first-order chi connectivity index (χ1) is 9.69. The Hall–Kier alpha value is -1.81. The van der Waals surface area contributed by atoms with E-state index in [4.69, 9.17) is 4.74 Å². The minimum Gasteiger partial charge on any atom is -0.494 e. The molecule has 106 valence electrons. The van der Waals surface area contributed by atoms with Crippen LogP contribution in [-0.2, 0) is 6.54 Å². The van der Waals surface area contributed by atoms with Crippen molar-refractivity contribution in [2.45, 2.75) is 39.3 Å². The molecule has 1 N–H and O–H groups in total. The number of benzene rings is 1. The molecule has 1 heterocycles. The van der Waals surface area contributed by atoms with Crippen LogP contribution in [0.2, 0.25) is 0 Å². The highest BCUT2D eigenvalue weighted by Crippen LogP contribution is 2.26. The molecule has 1 aliphatic carbocycles. The van der Waals surface area contributed by atoms with Crippen molar-refractivity contribution in [1.29, 1.82) is 0 Å². The van der Waals surface area contributed by atoms with E-state index >= 15 is 0 Å². The number of rotatable bonds is 5. The van der Waals surface area contributed by atoms with Gasteiger partial charge in [0.25, 0.3) is 0 Å². The Bertz CT molecular complexity index is 614. The second kappa shape index (κ2) is 5.29. The lowest BCUT2D eigenvalue weighted by Crippen LogP contribution is -2.15. The molecule has 1 aromatic heterocycles. The van der Waals surface area contributed by atoms with E-state index in [1.807, 2.05) is 16.9 Å². The fourth-order valence-corrected chi connectivity index (χ4v) is 2.37. The van der Waals surface area contributed by atoms with E-state index in [-0.39, 0.29) is 0 Å². The van der Waals surface area contributed by atoms with E-state index in [1.54, 1.807) is 7.11 Å². The Balaban J connectivity index is 1.91. The molecule has 1 fully saturated rings. The molecule has 0 saturated heterocycles. The van der Waals surface area contributed by atoms with E-state index in [0.29, 0.717) is 6.04 Å². The number of methoxy groups -OCH3 is 1. The average molecular weight is 271 g/mol. The number of aryl methyl sites for hydroxylation is 1. The van der Waals surface area contributed by atoms with Crippen LogP contribution in [0.4, 0.5) is 0 Å². The zero-order chi connectivity index (χ0) is 14.1. The SMILES string of the molecule is COc1ccc(C)cc1-n1ncc(CNC2CC2)c1C. The second-order valence-electron chi connectivity index (χ2n) is 5.50. The smallest absolute Gasteiger partial charge is 0.144 e. The van der Waals surface area contributed by atoms with Gasteiger partial charge in [-0.1, -0.05) is 6.07 Å². The number of ether oxygens (including phenoxy) is 1. The van der Waals surface area contributed by atoms with Crippen LogP contribution < -0.4 is 10.1 Å². The first-order valence-corrected chi connectivity index (χ1v) is 7.11. The van der Waals surface area contributed by atoms with Gasteiger partial charge in [-0.25, -0.2) is 4.68 Å². The summed E-state index contributed by atoms with van der Waals surface area (Å²) < 4.78 is 7.42. The highest BCUT2D eigenvalue weighted by atomic mass is 16.5. The third-order valence-corrected chi connectivity index (χ3v) is 3.83. The Morgan fingerprint density at radius 2 is 2.15 bits per heavy atom. The predicted molar refractivity (Wildman–Crippen MR) is 79.5 cm³/mol. The predicted octanol–water partition coefficient (Wildman–Crippen LogP) is 2.75. The molecular formula is C16H21N3O.